The molecule has 0 heterocycles. The summed E-state index contributed by atoms with van der Waals surface area (Å²) in [6, 6.07) is 2.83. The van der Waals surface area contributed by atoms with E-state index >= 15 is 0 Å². The van der Waals surface area contributed by atoms with Crippen LogP contribution in [-0.2, 0) is 0 Å². The summed E-state index contributed by atoms with van der Waals surface area (Å²) in [6.45, 7) is 1.91. The van der Waals surface area contributed by atoms with Gasteiger partial charge in [0.1, 0.15) is 0 Å². The van der Waals surface area contributed by atoms with Gasteiger partial charge in [0.2, 0.25) is 0 Å². The molecule has 1 N–H and O–H groups in total. The molecular formula is C11H14FNO2. The average molecular weight is 211 g/mol. The van der Waals surface area contributed by atoms with E-state index in [1.54, 1.807) is 20.0 Å². The number of hydrogen-bond donors (Lipinski definition) is 1. The quantitative estimate of drug-likeness (QED) is 0.768. The summed E-state index contributed by atoms with van der Waals surface area (Å²) < 4.78 is 18.3. The van der Waals surface area contributed by atoms with Crippen LogP contribution in [0.15, 0.2) is 12.1 Å². The van der Waals surface area contributed by atoms with Gasteiger partial charge in [-0.15, -0.1) is 0 Å². The minimum atomic E-state index is -0.503. The number of likely N-dealkylation sites (N-methyl/N-ethyl adjacent to an activating group) is 1. The number of carbonyl (C=O) groups is 1. The van der Waals surface area contributed by atoms with Gasteiger partial charge < -0.3 is 10.1 Å². The van der Waals surface area contributed by atoms with E-state index in [4.69, 9.17) is 4.74 Å². The van der Waals surface area contributed by atoms with Gasteiger partial charge >= 0.3 is 0 Å². The molecule has 0 unspecified atom stereocenters. The summed E-state index contributed by atoms with van der Waals surface area (Å²) in [5.74, 6) is -0.449. The van der Waals surface area contributed by atoms with Crippen LogP contribution in [0.25, 0.3) is 0 Å². The van der Waals surface area contributed by atoms with E-state index in [0.717, 1.165) is 0 Å². The third-order valence-corrected chi connectivity index (χ3v) is 2.09. The van der Waals surface area contributed by atoms with Crippen molar-refractivity contribution in [3.8, 4) is 5.75 Å². The Morgan fingerprint density at radius 2 is 2.20 bits per heavy atom. The largest absolute Gasteiger partial charge is 0.493 e. The maximum absolute atomic E-state index is 13.4. The highest BCUT2D eigenvalue weighted by Gasteiger charge is 2.12. The molecule has 0 atom stereocenters. The van der Waals surface area contributed by atoms with E-state index < -0.39 is 5.82 Å². The van der Waals surface area contributed by atoms with Crippen LogP contribution in [-0.4, -0.2) is 26.5 Å². The lowest BCUT2D eigenvalue weighted by Crippen LogP contribution is -2.18. The molecular weight excluding hydrogens is 197 g/mol. The number of ketones is 1. The zero-order valence-electron chi connectivity index (χ0n) is 9.06. The average Bonchev–Trinajstić information content (AvgIpc) is 2.17. The standard InChI is InChI=1S/C11H14FNO2/c1-7-4-8(10(14)6-13-2)5-9(12)11(7)15-3/h4-5,13H,6H2,1-3H3. The first-order chi connectivity index (χ1) is 7.10. The summed E-state index contributed by atoms with van der Waals surface area (Å²) in [6.07, 6.45) is 0. The van der Waals surface area contributed by atoms with Crippen LogP contribution >= 0.6 is 0 Å². The minimum absolute atomic E-state index is 0.137. The Balaban J connectivity index is 3.08. The van der Waals surface area contributed by atoms with Crippen LogP contribution in [0.4, 0.5) is 4.39 Å². The van der Waals surface area contributed by atoms with Crippen molar-refractivity contribution in [2.24, 2.45) is 0 Å². The van der Waals surface area contributed by atoms with Crippen molar-refractivity contribution in [3.05, 3.63) is 29.1 Å². The highest BCUT2D eigenvalue weighted by Crippen LogP contribution is 2.23. The van der Waals surface area contributed by atoms with Crippen molar-refractivity contribution in [2.45, 2.75) is 6.92 Å². The third-order valence-electron chi connectivity index (χ3n) is 2.09. The van der Waals surface area contributed by atoms with Gasteiger partial charge in [-0.05, 0) is 31.7 Å². The Hall–Kier alpha value is -1.42. The Bertz CT molecular complexity index is 354. The normalized spacial score (nSPS) is 10.1. The van der Waals surface area contributed by atoms with E-state index in [1.165, 1.54) is 13.2 Å². The molecule has 3 nitrogen and oxygen atoms in total. The van der Waals surface area contributed by atoms with Crippen LogP contribution in [0, 0.1) is 12.7 Å². The molecule has 0 fully saturated rings. The monoisotopic (exact) mass is 211 g/mol. The summed E-state index contributed by atoms with van der Waals surface area (Å²) in [5.41, 5.74) is 0.983. The van der Waals surface area contributed by atoms with Crippen molar-refractivity contribution in [1.82, 2.24) is 5.32 Å². The molecule has 0 aliphatic heterocycles. The number of aryl methyl sites for hydroxylation is 1. The van der Waals surface area contributed by atoms with Crippen molar-refractivity contribution < 1.29 is 13.9 Å². The Kier molecular flexibility index (Phi) is 3.80. The third kappa shape index (κ3) is 2.53. The number of hydrogen-bond acceptors (Lipinski definition) is 3. The van der Waals surface area contributed by atoms with Crippen molar-refractivity contribution >= 4 is 5.78 Å². The first-order valence-electron chi connectivity index (χ1n) is 4.62. The number of rotatable bonds is 4. The lowest BCUT2D eigenvalue weighted by Gasteiger charge is -2.08. The van der Waals surface area contributed by atoms with Crippen molar-refractivity contribution in [3.63, 3.8) is 0 Å². The van der Waals surface area contributed by atoms with E-state index in [-0.39, 0.29) is 18.1 Å². The smallest absolute Gasteiger partial charge is 0.176 e. The second-order valence-corrected chi connectivity index (χ2v) is 3.26. The van der Waals surface area contributed by atoms with Crippen LogP contribution in [0.3, 0.4) is 0 Å². The Morgan fingerprint density at radius 3 is 2.67 bits per heavy atom. The number of benzene rings is 1. The molecule has 0 aromatic heterocycles. The Morgan fingerprint density at radius 1 is 1.53 bits per heavy atom. The van der Waals surface area contributed by atoms with Crippen LogP contribution in [0.2, 0.25) is 0 Å². The van der Waals surface area contributed by atoms with Gasteiger partial charge in [0.15, 0.2) is 17.3 Å². The lowest BCUT2D eigenvalue weighted by molar-refractivity contribution is 0.0993. The molecule has 0 spiro atoms. The fourth-order valence-electron chi connectivity index (χ4n) is 1.41. The molecule has 1 rings (SSSR count). The van der Waals surface area contributed by atoms with Crippen LogP contribution in [0.5, 0.6) is 5.75 Å². The van der Waals surface area contributed by atoms with Gasteiger partial charge in [-0.1, -0.05) is 0 Å². The molecule has 0 saturated heterocycles. The Labute approximate surface area is 88.2 Å². The first kappa shape index (κ1) is 11.7. The molecule has 0 bridgehead atoms. The highest BCUT2D eigenvalue weighted by atomic mass is 19.1. The maximum Gasteiger partial charge on any atom is 0.176 e. The molecule has 15 heavy (non-hydrogen) atoms. The number of carbonyl (C=O) groups excluding carboxylic acids is 1. The SMILES string of the molecule is CNCC(=O)c1cc(C)c(OC)c(F)c1. The number of halogens is 1. The predicted molar refractivity (Wildman–Crippen MR) is 55.9 cm³/mol. The molecule has 1 aromatic carbocycles. The topological polar surface area (TPSA) is 38.3 Å². The molecule has 0 aliphatic rings. The molecule has 0 aliphatic carbocycles. The molecule has 1 aromatic rings. The summed E-state index contributed by atoms with van der Waals surface area (Å²) >= 11 is 0. The van der Waals surface area contributed by atoms with E-state index in [0.29, 0.717) is 11.1 Å². The van der Waals surface area contributed by atoms with Crippen LogP contribution in [0.1, 0.15) is 15.9 Å². The number of Topliss-reactive ketones (excluding diaryl/α,β-unsaturated/α-hetero) is 1. The van der Waals surface area contributed by atoms with Crippen molar-refractivity contribution in [2.75, 3.05) is 20.7 Å². The molecule has 0 radical (unpaired) electrons. The molecule has 4 heteroatoms. The zero-order valence-corrected chi connectivity index (χ0v) is 9.06. The first-order valence-corrected chi connectivity index (χ1v) is 4.62. The van der Waals surface area contributed by atoms with Gasteiger partial charge in [0.25, 0.3) is 0 Å². The number of ether oxygens (including phenoxy) is 1. The zero-order chi connectivity index (χ0) is 11.4. The fraction of sp³-hybridized carbons (Fsp3) is 0.364. The molecule has 0 saturated carbocycles. The number of nitrogens with one attached hydrogen (secondary N) is 1. The number of methoxy groups -OCH3 is 1. The molecule has 0 amide bonds. The van der Waals surface area contributed by atoms with Gasteiger partial charge in [0, 0.05) is 5.56 Å². The van der Waals surface area contributed by atoms with Gasteiger partial charge in [0.05, 0.1) is 13.7 Å². The maximum atomic E-state index is 13.4. The fourth-order valence-corrected chi connectivity index (χ4v) is 1.41. The van der Waals surface area contributed by atoms with E-state index in [1.807, 2.05) is 0 Å². The summed E-state index contributed by atoms with van der Waals surface area (Å²) in [7, 11) is 3.07. The summed E-state index contributed by atoms with van der Waals surface area (Å²) in [5, 5.41) is 2.73. The van der Waals surface area contributed by atoms with Gasteiger partial charge in [-0.3, -0.25) is 4.79 Å². The van der Waals surface area contributed by atoms with E-state index in [9.17, 15) is 9.18 Å². The lowest BCUT2D eigenvalue weighted by atomic mass is 10.1. The van der Waals surface area contributed by atoms with Gasteiger partial charge in [-0.2, -0.15) is 0 Å². The second kappa shape index (κ2) is 4.89. The highest BCUT2D eigenvalue weighted by molar-refractivity contribution is 5.98. The minimum Gasteiger partial charge on any atom is -0.493 e. The molecule has 82 valence electrons. The van der Waals surface area contributed by atoms with Crippen LogP contribution < -0.4 is 10.1 Å². The van der Waals surface area contributed by atoms with Crippen molar-refractivity contribution in [1.29, 1.82) is 0 Å². The predicted octanol–water partition coefficient (Wildman–Crippen LogP) is 1.54. The van der Waals surface area contributed by atoms with Gasteiger partial charge in [-0.25, -0.2) is 4.39 Å². The second-order valence-electron chi connectivity index (χ2n) is 3.26. The van der Waals surface area contributed by atoms with E-state index in [2.05, 4.69) is 5.32 Å². The summed E-state index contributed by atoms with van der Waals surface area (Å²) in [4.78, 5) is 11.5.